The summed E-state index contributed by atoms with van der Waals surface area (Å²) in [5, 5.41) is 6.93. The van der Waals surface area contributed by atoms with Crippen LogP contribution in [0.15, 0.2) is 53.4 Å². The van der Waals surface area contributed by atoms with E-state index in [1.165, 1.54) is 10.5 Å². The molecular formula is C15H16N2S2. The molecule has 2 nitrogen and oxygen atoms in total. The zero-order valence-corrected chi connectivity index (χ0v) is 12.6. The Bertz CT molecular complexity index is 547. The topological polar surface area (TPSA) is 24.1 Å². The summed E-state index contributed by atoms with van der Waals surface area (Å²) in [5.74, 6) is 0. The summed E-state index contributed by atoms with van der Waals surface area (Å²) in [6, 6.07) is 16.3. The number of thiocarbonyl (C=S) groups is 1. The number of nitrogens with one attached hydrogen (secondary N) is 2. The minimum atomic E-state index is 0.598. The normalized spacial score (nSPS) is 10.0. The van der Waals surface area contributed by atoms with E-state index in [4.69, 9.17) is 12.2 Å². The third kappa shape index (κ3) is 4.26. The van der Waals surface area contributed by atoms with E-state index in [0.717, 1.165) is 11.4 Å². The second-order valence-corrected chi connectivity index (χ2v) is 5.46. The molecule has 19 heavy (non-hydrogen) atoms. The van der Waals surface area contributed by atoms with Gasteiger partial charge in [0.05, 0.1) is 0 Å². The molecule has 0 fully saturated rings. The van der Waals surface area contributed by atoms with Crippen LogP contribution in [0.3, 0.4) is 0 Å². The van der Waals surface area contributed by atoms with Crippen molar-refractivity contribution < 1.29 is 0 Å². The van der Waals surface area contributed by atoms with E-state index in [2.05, 4.69) is 48.1 Å². The quantitative estimate of drug-likeness (QED) is 0.640. The largest absolute Gasteiger partial charge is 0.332 e. The van der Waals surface area contributed by atoms with Crippen molar-refractivity contribution in [2.45, 2.75) is 11.8 Å². The van der Waals surface area contributed by atoms with Gasteiger partial charge in [0.15, 0.2) is 5.11 Å². The average Bonchev–Trinajstić information content (AvgIpc) is 2.42. The molecule has 0 bridgehead atoms. The Balaban J connectivity index is 1.95. The van der Waals surface area contributed by atoms with Gasteiger partial charge in [0.25, 0.3) is 0 Å². The van der Waals surface area contributed by atoms with Crippen molar-refractivity contribution in [1.29, 1.82) is 0 Å². The molecule has 2 rings (SSSR count). The van der Waals surface area contributed by atoms with Crippen LogP contribution in [0.4, 0.5) is 11.4 Å². The molecule has 0 unspecified atom stereocenters. The Morgan fingerprint density at radius 2 is 1.37 bits per heavy atom. The monoisotopic (exact) mass is 288 g/mol. The van der Waals surface area contributed by atoms with Crippen LogP contribution < -0.4 is 10.6 Å². The summed E-state index contributed by atoms with van der Waals surface area (Å²) in [6.07, 6.45) is 2.06. The Kier molecular flexibility index (Phi) is 4.82. The van der Waals surface area contributed by atoms with Crippen molar-refractivity contribution in [1.82, 2.24) is 0 Å². The Hall–Kier alpha value is -1.52. The molecule has 4 heteroatoms. The van der Waals surface area contributed by atoms with Gasteiger partial charge in [-0.3, -0.25) is 0 Å². The van der Waals surface area contributed by atoms with Gasteiger partial charge in [-0.25, -0.2) is 0 Å². The zero-order chi connectivity index (χ0) is 13.7. The molecule has 0 aromatic heterocycles. The predicted molar refractivity (Wildman–Crippen MR) is 89.2 cm³/mol. The molecule has 2 aromatic carbocycles. The van der Waals surface area contributed by atoms with Gasteiger partial charge in [0.1, 0.15) is 0 Å². The van der Waals surface area contributed by atoms with Gasteiger partial charge in [-0.15, -0.1) is 11.8 Å². The molecule has 0 saturated heterocycles. The van der Waals surface area contributed by atoms with Crippen LogP contribution in [0.25, 0.3) is 0 Å². The molecule has 0 aliphatic carbocycles. The van der Waals surface area contributed by atoms with Gasteiger partial charge in [0, 0.05) is 16.3 Å². The number of anilines is 2. The van der Waals surface area contributed by atoms with Crippen LogP contribution in [0.2, 0.25) is 0 Å². The molecule has 2 N–H and O–H groups in total. The highest BCUT2D eigenvalue weighted by Gasteiger charge is 1.99. The van der Waals surface area contributed by atoms with Gasteiger partial charge in [-0.05, 0) is 61.8 Å². The van der Waals surface area contributed by atoms with E-state index < -0.39 is 0 Å². The number of hydrogen-bond acceptors (Lipinski definition) is 2. The van der Waals surface area contributed by atoms with Crippen molar-refractivity contribution in [3.63, 3.8) is 0 Å². The number of thioether (sulfide) groups is 1. The van der Waals surface area contributed by atoms with E-state index >= 15 is 0 Å². The third-order valence-electron chi connectivity index (χ3n) is 2.66. The van der Waals surface area contributed by atoms with E-state index in [1.54, 1.807) is 11.8 Å². The number of aryl methyl sites for hydroxylation is 1. The van der Waals surface area contributed by atoms with Gasteiger partial charge >= 0.3 is 0 Å². The molecule has 0 aliphatic heterocycles. The first-order valence-electron chi connectivity index (χ1n) is 5.96. The van der Waals surface area contributed by atoms with Crippen LogP contribution >= 0.6 is 24.0 Å². The van der Waals surface area contributed by atoms with Crippen LogP contribution in [-0.2, 0) is 0 Å². The fraction of sp³-hybridized carbons (Fsp3) is 0.133. The highest BCUT2D eigenvalue weighted by atomic mass is 32.2. The Morgan fingerprint density at radius 3 is 1.84 bits per heavy atom. The molecular weight excluding hydrogens is 272 g/mol. The molecule has 0 spiro atoms. The lowest BCUT2D eigenvalue weighted by atomic mass is 10.2. The maximum absolute atomic E-state index is 5.28. The maximum Gasteiger partial charge on any atom is 0.175 e. The predicted octanol–water partition coefficient (Wildman–Crippen LogP) is 4.53. The molecule has 0 atom stereocenters. The summed E-state index contributed by atoms with van der Waals surface area (Å²) in [7, 11) is 0. The number of benzene rings is 2. The van der Waals surface area contributed by atoms with Crippen molar-refractivity contribution in [2.75, 3.05) is 16.9 Å². The maximum atomic E-state index is 5.28. The molecule has 0 saturated carbocycles. The summed E-state index contributed by atoms with van der Waals surface area (Å²) in [6.45, 7) is 2.06. The average molecular weight is 288 g/mol. The van der Waals surface area contributed by atoms with Crippen molar-refractivity contribution in [3.8, 4) is 0 Å². The second kappa shape index (κ2) is 6.59. The summed E-state index contributed by atoms with van der Waals surface area (Å²) in [5.41, 5.74) is 3.21. The first kappa shape index (κ1) is 13.9. The van der Waals surface area contributed by atoms with E-state index in [0.29, 0.717) is 5.11 Å². The third-order valence-corrected chi connectivity index (χ3v) is 3.61. The van der Waals surface area contributed by atoms with Gasteiger partial charge < -0.3 is 10.6 Å². The van der Waals surface area contributed by atoms with Gasteiger partial charge in [-0.2, -0.15) is 0 Å². The smallest absolute Gasteiger partial charge is 0.175 e. The highest BCUT2D eigenvalue weighted by molar-refractivity contribution is 7.98. The summed E-state index contributed by atoms with van der Waals surface area (Å²) in [4.78, 5) is 1.24. The summed E-state index contributed by atoms with van der Waals surface area (Å²) < 4.78 is 0. The van der Waals surface area contributed by atoms with Crippen LogP contribution in [0, 0.1) is 6.92 Å². The van der Waals surface area contributed by atoms with Gasteiger partial charge in [-0.1, -0.05) is 17.7 Å². The highest BCUT2D eigenvalue weighted by Crippen LogP contribution is 2.17. The molecule has 0 heterocycles. The number of hydrogen-bond donors (Lipinski definition) is 2. The lowest BCUT2D eigenvalue weighted by Crippen LogP contribution is -2.18. The molecule has 98 valence electrons. The molecule has 0 aliphatic rings. The van der Waals surface area contributed by atoms with Gasteiger partial charge in [0.2, 0.25) is 0 Å². The van der Waals surface area contributed by atoms with Crippen molar-refractivity contribution in [2.24, 2.45) is 0 Å². The SMILES string of the molecule is CSc1ccc(NC(=S)Nc2ccc(C)cc2)cc1. The van der Waals surface area contributed by atoms with E-state index in [9.17, 15) is 0 Å². The van der Waals surface area contributed by atoms with Crippen molar-refractivity contribution >= 4 is 40.5 Å². The Labute approximate surface area is 123 Å². The fourth-order valence-corrected chi connectivity index (χ4v) is 2.25. The molecule has 0 radical (unpaired) electrons. The lowest BCUT2D eigenvalue weighted by molar-refractivity contribution is 1.45. The van der Waals surface area contributed by atoms with E-state index in [-0.39, 0.29) is 0 Å². The molecule has 0 amide bonds. The lowest BCUT2D eigenvalue weighted by Gasteiger charge is -2.11. The standard InChI is InChI=1S/C15H16N2S2/c1-11-3-5-12(6-4-11)16-15(18)17-13-7-9-14(19-2)10-8-13/h3-10H,1-2H3,(H2,16,17,18). The van der Waals surface area contributed by atoms with Crippen LogP contribution in [0.1, 0.15) is 5.56 Å². The molecule has 2 aromatic rings. The fourth-order valence-electron chi connectivity index (χ4n) is 1.60. The summed E-state index contributed by atoms with van der Waals surface area (Å²) >= 11 is 7.01. The second-order valence-electron chi connectivity index (χ2n) is 4.17. The minimum Gasteiger partial charge on any atom is -0.332 e. The Morgan fingerprint density at radius 1 is 0.895 bits per heavy atom. The van der Waals surface area contributed by atoms with E-state index in [1.807, 2.05) is 24.3 Å². The first-order chi connectivity index (χ1) is 9.17. The number of rotatable bonds is 3. The van der Waals surface area contributed by atoms with Crippen LogP contribution in [0.5, 0.6) is 0 Å². The van der Waals surface area contributed by atoms with Crippen LogP contribution in [-0.4, -0.2) is 11.4 Å². The first-order valence-corrected chi connectivity index (χ1v) is 7.59. The zero-order valence-electron chi connectivity index (χ0n) is 10.9. The minimum absolute atomic E-state index is 0.598. The van der Waals surface area contributed by atoms with Crippen molar-refractivity contribution in [3.05, 3.63) is 54.1 Å².